The van der Waals surface area contributed by atoms with Crippen molar-refractivity contribution >= 4 is 65.4 Å². The van der Waals surface area contributed by atoms with Crippen molar-refractivity contribution in [2.45, 2.75) is 12.8 Å². The Labute approximate surface area is 184 Å². The van der Waals surface area contributed by atoms with Gasteiger partial charge in [0.2, 0.25) is 11.6 Å². The van der Waals surface area contributed by atoms with Crippen LogP contribution in [-0.2, 0) is 11.2 Å². The fourth-order valence-corrected chi connectivity index (χ4v) is 5.38. The van der Waals surface area contributed by atoms with Crippen LogP contribution < -0.4 is 0 Å². The maximum absolute atomic E-state index is 12.4. The molecule has 0 amide bonds. The molecule has 150 valence electrons. The number of rotatable bonds is 0. The van der Waals surface area contributed by atoms with Gasteiger partial charge in [-0.25, -0.2) is 0 Å². The van der Waals surface area contributed by atoms with Gasteiger partial charge >= 0.3 is 0 Å². The molecule has 0 bridgehead atoms. The molecule has 0 aliphatic heterocycles. The molecule has 0 saturated carbocycles. The molecular weight excluding hydrogens is 392 g/mol. The van der Waals surface area contributed by atoms with Crippen LogP contribution >= 0.6 is 0 Å². The van der Waals surface area contributed by atoms with Gasteiger partial charge in [-0.05, 0) is 108 Å². The minimum absolute atomic E-state index is 0.275. The first-order valence-corrected chi connectivity index (χ1v) is 11.0. The second kappa shape index (κ2) is 6.24. The highest BCUT2D eigenvalue weighted by atomic mass is 16.2. The van der Waals surface area contributed by atoms with Crippen LogP contribution in [0.2, 0.25) is 0 Å². The molecule has 2 nitrogen and oxygen atoms in total. The normalized spacial score (nSPS) is 14.1. The molecule has 0 atom stereocenters. The van der Waals surface area contributed by atoms with Gasteiger partial charge in [-0.15, -0.1) is 0 Å². The van der Waals surface area contributed by atoms with E-state index in [1.54, 1.807) is 0 Å². The van der Waals surface area contributed by atoms with E-state index in [2.05, 4.69) is 72.8 Å². The molecule has 0 unspecified atom stereocenters. The topological polar surface area (TPSA) is 34.1 Å². The van der Waals surface area contributed by atoms with E-state index in [4.69, 9.17) is 0 Å². The third-order valence-corrected chi connectivity index (χ3v) is 7.01. The highest BCUT2D eigenvalue weighted by molar-refractivity contribution is 6.45. The van der Waals surface area contributed by atoms with Crippen molar-refractivity contribution < 1.29 is 9.59 Å². The molecule has 0 spiro atoms. The molecule has 0 N–H and O–H groups in total. The molecule has 2 heteroatoms. The van der Waals surface area contributed by atoms with Gasteiger partial charge in [-0.2, -0.15) is 0 Å². The molecule has 1 aliphatic rings. The lowest BCUT2D eigenvalue weighted by Crippen LogP contribution is -2.22. The van der Waals surface area contributed by atoms with Crippen molar-refractivity contribution in [1.29, 1.82) is 0 Å². The van der Waals surface area contributed by atoms with E-state index >= 15 is 0 Å². The van der Waals surface area contributed by atoms with E-state index < -0.39 is 0 Å². The fourth-order valence-electron chi connectivity index (χ4n) is 5.38. The van der Waals surface area contributed by atoms with Gasteiger partial charge < -0.3 is 0 Å². The second-order valence-electron chi connectivity index (χ2n) is 8.82. The number of carbonyl (C=O) groups excluding carboxylic acids is 2. The third kappa shape index (κ3) is 2.41. The van der Waals surface area contributed by atoms with E-state index in [0.717, 1.165) is 16.3 Å². The van der Waals surface area contributed by atoms with Gasteiger partial charge in [0.05, 0.1) is 0 Å². The highest BCUT2D eigenvalue weighted by Crippen LogP contribution is 2.36. The van der Waals surface area contributed by atoms with Crippen LogP contribution in [0.15, 0.2) is 84.9 Å². The smallest absolute Gasteiger partial charge is 0.228 e. The first-order chi connectivity index (χ1) is 15.7. The van der Waals surface area contributed by atoms with Crippen molar-refractivity contribution in [2.75, 3.05) is 0 Å². The Morgan fingerprint density at radius 3 is 1.78 bits per heavy atom. The number of aryl methyl sites for hydroxylation is 1. The van der Waals surface area contributed by atoms with Crippen molar-refractivity contribution in [3.05, 3.63) is 96.1 Å². The maximum Gasteiger partial charge on any atom is 0.228 e. The average molecular weight is 410 g/mol. The van der Waals surface area contributed by atoms with E-state index in [1.807, 2.05) is 12.1 Å². The Balaban J connectivity index is 1.53. The lowest BCUT2D eigenvalue weighted by atomic mass is 9.85. The van der Waals surface area contributed by atoms with Crippen molar-refractivity contribution in [2.24, 2.45) is 0 Å². The predicted molar refractivity (Wildman–Crippen MR) is 132 cm³/mol. The predicted octanol–water partition coefficient (Wildman–Crippen LogP) is 7.15. The summed E-state index contributed by atoms with van der Waals surface area (Å²) in [6.07, 6.45) is 0.939. The average Bonchev–Trinajstić information content (AvgIpc) is 2.82. The molecule has 6 aromatic carbocycles. The Morgan fingerprint density at radius 1 is 0.469 bits per heavy atom. The number of Topliss-reactive ketones (excluding diaryl/α,β-unsaturated/α-hetero) is 2. The van der Waals surface area contributed by atoms with Crippen molar-refractivity contribution in [3.63, 3.8) is 0 Å². The summed E-state index contributed by atoms with van der Waals surface area (Å²) in [5, 5.41) is 12.0. The van der Waals surface area contributed by atoms with Gasteiger partial charge in [0, 0.05) is 12.0 Å². The number of benzene rings is 6. The van der Waals surface area contributed by atoms with Gasteiger partial charge in [0.1, 0.15) is 0 Å². The summed E-state index contributed by atoms with van der Waals surface area (Å²) in [5.74, 6) is -0.617. The number of fused-ring (bicyclic) bond motifs is 8. The molecule has 6 aromatic rings. The Bertz CT molecular complexity index is 1810. The summed E-state index contributed by atoms with van der Waals surface area (Å²) in [6.45, 7) is 0. The van der Waals surface area contributed by atoms with E-state index in [1.165, 1.54) is 43.1 Å². The molecule has 0 heterocycles. The van der Waals surface area contributed by atoms with E-state index in [9.17, 15) is 9.59 Å². The molecule has 0 radical (unpaired) electrons. The van der Waals surface area contributed by atoms with E-state index in [-0.39, 0.29) is 11.6 Å². The number of ketones is 2. The molecule has 7 rings (SSSR count). The summed E-state index contributed by atoms with van der Waals surface area (Å²) < 4.78 is 0. The van der Waals surface area contributed by atoms with Crippen LogP contribution in [0.3, 0.4) is 0 Å². The highest BCUT2D eigenvalue weighted by Gasteiger charge is 2.26. The zero-order valence-corrected chi connectivity index (χ0v) is 17.3. The molecule has 32 heavy (non-hydrogen) atoms. The van der Waals surface area contributed by atoms with Crippen LogP contribution in [-0.4, -0.2) is 11.6 Å². The summed E-state index contributed by atoms with van der Waals surface area (Å²) in [4.78, 5) is 24.3. The summed E-state index contributed by atoms with van der Waals surface area (Å²) in [7, 11) is 0. The van der Waals surface area contributed by atoms with Gasteiger partial charge in [0.15, 0.2) is 0 Å². The number of hydrogen-bond donors (Lipinski definition) is 0. The monoisotopic (exact) mass is 410 g/mol. The Kier molecular flexibility index (Phi) is 3.44. The zero-order chi connectivity index (χ0) is 21.4. The minimum atomic E-state index is -0.342. The molecule has 0 aromatic heterocycles. The van der Waals surface area contributed by atoms with Crippen LogP contribution in [0, 0.1) is 0 Å². The van der Waals surface area contributed by atoms with Crippen molar-refractivity contribution in [3.8, 4) is 0 Å². The standard InChI is InChI=1S/C30H18O2/c31-29-10-9-25-24-6-5-19-13-22-14-20-11-17-3-1-2-4-18(17)12-21(20)15-23(22)16-28(19)26(24)7-8-27(25)30(29)32/h1-8,11-16H,9-10H2. The number of carbonyl (C=O) groups is 2. The third-order valence-electron chi connectivity index (χ3n) is 7.01. The largest absolute Gasteiger partial charge is 0.290 e. The maximum atomic E-state index is 12.4. The van der Waals surface area contributed by atoms with Gasteiger partial charge in [0.25, 0.3) is 0 Å². The lowest BCUT2D eigenvalue weighted by Gasteiger charge is -2.17. The second-order valence-corrected chi connectivity index (χ2v) is 8.82. The Hall–Kier alpha value is -4.04. The summed E-state index contributed by atoms with van der Waals surface area (Å²) >= 11 is 0. The molecule has 0 fully saturated rings. The quantitative estimate of drug-likeness (QED) is 0.151. The molecular formula is C30H18O2. The zero-order valence-electron chi connectivity index (χ0n) is 17.3. The van der Waals surface area contributed by atoms with Gasteiger partial charge in [-0.3, -0.25) is 9.59 Å². The Morgan fingerprint density at radius 2 is 1.06 bits per heavy atom. The SMILES string of the molecule is O=C1CCc2c(ccc3c2ccc2cc4cc5cc6ccccc6cc5cc4cc23)C1=O. The first-order valence-electron chi connectivity index (χ1n) is 11.0. The van der Waals surface area contributed by atoms with Crippen LogP contribution in [0.1, 0.15) is 22.3 Å². The van der Waals surface area contributed by atoms with Gasteiger partial charge in [-0.1, -0.05) is 42.5 Å². The lowest BCUT2D eigenvalue weighted by molar-refractivity contribution is -0.115. The minimum Gasteiger partial charge on any atom is -0.290 e. The van der Waals surface area contributed by atoms with Crippen LogP contribution in [0.25, 0.3) is 53.9 Å². The summed E-state index contributed by atoms with van der Waals surface area (Å²) in [6, 6.07) is 30.2. The fraction of sp³-hybridized carbons (Fsp3) is 0.0667. The molecule has 1 aliphatic carbocycles. The van der Waals surface area contributed by atoms with Crippen LogP contribution in [0.4, 0.5) is 0 Å². The number of hydrogen-bond acceptors (Lipinski definition) is 2. The summed E-state index contributed by atoms with van der Waals surface area (Å²) in [5.41, 5.74) is 1.59. The molecule has 0 saturated heterocycles. The first kappa shape index (κ1) is 17.6. The van der Waals surface area contributed by atoms with E-state index in [0.29, 0.717) is 18.4 Å². The van der Waals surface area contributed by atoms with Crippen LogP contribution in [0.5, 0.6) is 0 Å². The van der Waals surface area contributed by atoms with Crippen molar-refractivity contribution in [1.82, 2.24) is 0 Å².